The molecule has 2 aromatic rings. The molecule has 0 spiro atoms. The number of aromatic nitrogens is 1. The highest BCUT2D eigenvalue weighted by Gasteiger charge is 2.00. The minimum absolute atomic E-state index is 0.520. The molecule has 0 saturated carbocycles. The lowest BCUT2D eigenvalue weighted by Gasteiger charge is -2.04. The van der Waals surface area contributed by atoms with Crippen molar-refractivity contribution in [1.29, 1.82) is 0 Å². The number of halogens is 2. The molecule has 0 aliphatic rings. The number of rotatable bonds is 5. The topological polar surface area (TPSA) is 17.0 Å². The van der Waals surface area contributed by atoms with E-state index in [4.69, 9.17) is 0 Å². The molecule has 0 bridgehead atoms. The van der Waals surface area contributed by atoms with E-state index in [0.29, 0.717) is 18.5 Å². The monoisotopic (exact) mass is 250 g/mol. The Labute approximate surface area is 105 Å². The van der Waals surface area contributed by atoms with Gasteiger partial charge in [-0.05, 0) is 42.3 Å². The zero-order valence-corrected chi connectivity index (χ0v) is 10.3. The summed E-state index contributed by atoms with van der Waals surface area (Å²) in [6.45, 7) is 1.45. The van der Waals surface area contributed by atoms with Gasteiger partial charge in [-0.1, -0.05) is 0 Å². The van der Waals surface area contributed by atoms with Gasteiger partial charge in [-0.3, -0.25) is 0 Å². The fourth-order valence-corrected chi connectivity index (χ4v) is 1.89. The Morgan fingerprint density at radius 1 is 1.11 bits per heavy atom. The van der Waals surface area contributed by atoms with E-state index in [2.05, 4.69) is 5.32 Å². The second-order valence-electron chi connectivity index (χ2n) is 4.39. The highest BCUT2D eigenvalue weighted by Crippen LogP contribution is 2.08. The van der Waals surface area contributed by atoms with Crippen LogP contribution in [0.25, 0.3) is 0 Å². The molecule has 0 aliphatic carbocycles. The van der Waals surface area contributed by atoms with E-state index in [0.717, 1.165) is 12.6 Å². The van der Waals surface area contributed by atoms with E-state index < -0.39 is 11.6 Å². The van der Waals surface area contributed by atoms with Crippen LogP contribution in [0.15, 0.2) is 36.7 Å². The fourth-order valence-electron chi connectivity index (χ4n) is 1.89. The SMILES string of the molecule is Cn1ccc(CNCCc2cc(F)cc(F)c2)c1. The van der Waals surface area contributed by atoms with Gasteiger partial charge in [0.05, 0.1) is 0 Å². The summed E-state index contributed by atoms with van der Waals surface area (Å²) < 4.78 is 27.9. The molecule has 0 amide bonds. The summed E-state index contributed by atoms with van der Waals surface area (Å²) in [5, 5.41) is 3.24. The lowest BCUT2D eigenvalue weighted by Crippen LogP contribution is -2.16. The lowest BCUT2D eigenvalue weighted by molar-refractivity contribution is 0.577. The van der Waals surface area contributed by atoms with Crippen molar-refractivity contribution in [1.82, 2.24) is 9.88 Å². The van der Waals surface area contributed by atoms with Gasteiger partial charge in [-0.2, -0.15) is 0 Å². The predicted octanol–water partition coefficient (Wildman–Crippen LogP) is 2.64. The number of benzene rings is 1. The molecule has 96 valence electrons. The highest BCUT2D eigenvalue weighted by molar-refractivity contribution is 5.18. The van der Waals surface area contributed by atoms with E-state index >= 15 is 0 Å². The maximum absolute atomic E-state index is 12.9. The number of nitrogens with zero attached hydrogens (tertiary/aromatic N) is 1. The molecule has 4 heteroatoms. The second kappa shape index (κ2) is 5.78. The largest absolute Gasteiger partial charge is 0.357 e. The van der Waals surface area contributed by atoms with Gasteiger partial charge in [-0.15, -0.1) is 0 Å². The summed E-state index contributed by atoms with van der Waals surface area (Å²) in [6, 6.07) is 5.66. The Morgan fingerprint density at radius 2 is 1.83 bits per heavy atom. The molecule has 2 rings (SSSR count). The molecule has 0 saturated heterocycles. The van der Waals surface area contributed by atoms with E-state index in [1.807, 2.05) is 30.1 Å². The normalized spacial score (nSPS) is 10.8. The van der Waals surface area contributed by atoms with Crippen molar-refractivity contribution in [3.63, 3.8) is 0 Å². The first kappa shape index (κ1) is 12.8. The second-order valence-corrected chi connectivity index (χ2v) is 4.39. The number of aryl methyl sites for hydroxylation is 1. The number of hydrogen-bond acceptors (Lipinski definition) is 1. The minimum atomic E-state index is -0.520. The van der Waals surface area contributed by atoms with Crippen molar-refractivity contribution in [2.75, 3.05) is 6.54 Å². The first-order valence-electron chi connectivity index (χ1n) is 5.90. The predicted molar refractivity (Wildman–Crippen MR) is 67.2 cm³/mol. The Bertz CT molecular complexity index is 500. The van der Waals surface area contributed by atoms with Crippen LogP contribution >= 0.6 is 0 Å². The van der Waals surface area contributed by atoms with Crippen LogP contribution in [0.2, 0.25) is 0 Å². The molecule has 2 nitrogen and oxygen atoms in total. The smallest absolute Gasteiger partial charge is 0.126 e. The summed E-state index contributed by atoms with van der Waals surface area (Å²) >= 11 is 0. The molecular weight excluding hydrogens is 234 g/mol. The quantitative estimate of drug-likeness (QED) is 0.807. The van der Waals surface area contributed by atoms with Gasteiger partial charge in [0.2, 0.25) is 0 Å². The molecule has 0 atom stereocenters. The van der Waals surface area contributed by atoms with Crippen molar-refractivity contribution in [2.45, 2.75) is 13.0 Å². The van der Waals surface area contributed by atoms with Crippen LogP contribution in [0.4, 0.5) is 8.78 Å². The van der Waals surface area contributed by atoms with Gasteiger partial charge < -0.3 is 9.88 Å². The Morgan fingerprint density at radius 3 is 2.44 bits per heavy atom. The van der Waals surface area contributed by atoms with Gasteiger partial charge in [0.15, 0.2) is 0 Å². The molecule has 0 fully saturated rings. The van der Waals surface area contributed by atoms with Crippen molar-refractivity contribution in [3.05, 3.63) is 59.4 Å². The van der Waals surface area contributed by atoms with Crippen LogP contribution in [0.1, 0.15) is 11.1 Å². The number of hydrogen-bond donors (Lipinski definition) is 1. The van der Waals surface area contributed by atoms with E-state index in [1.54, 1.807) is 0 Å². The van der Waals surface area contributed by atoms with Crippen LogP contribution in [-0.4, -0.2) is 11.1 Å². The summed E-state index contributed by atoms with van der Waals surface area (Å²) in [5.74, 6) is -1.04. The highest BCUT2D eigenvalue weighted by atomic mass is 19.1. The lowest BCUT2D eigenvalue weighted by atomic mass is 10.1. The van der Waals surface area contributed by atoms with Crippen LogP contribution in [-0.2, 0) is 20.0 Å². The summed E-state index contributed by atoms with van der Waals surface area (Å²) in [7, 11) is 1.97. The van der Waals surface area contributed by atoms with Crippen LogP contribution in [0.3, 0.4) is 0 Å². The molecule has 1 heterocycles. The van der Waals surface area contributed by atoms with Crippen molar-refractivity contribution < 1.29 is 8.78 Å². The molecule has 0 unspecified atom stereocenters. The Hall–Kier alpha value is -1.68. The van der Waals surface area contributed by atoms with Gasteiger partial charge in [-0.25, -0.2) is 8.78 Å². The third-order valence-corrected chi connectivity index (χ3v) is 2.74. The van der Waals surface area contributed by atoms with Gasteiger partial charge >= 0.3 is 0 Å². The average molecular weight is 250 g/mol. The maximum atomic E-state index is 12.9. The third kappa shape index (κ3) is 3.67. The maximum Gasteiger partial charge on any atom is 0.126 e. The Kier molecular flexibility index (Phi) is 4.10. The van der Waals surface area contributed by atoms with Crippen molar-refractivity contribution >= 4 is 0 Å². The molecule has 1 aromatic carbocycles. The number of nitrogens with one attached hydrogen (secondary N) is 1. The van der Waals surface area contributed by atoms with Gasteiger partial charge in [0, 0.05) is 32.1 Å². The standard InChI is InChI=1S/C14H16F2N2/c1-18-5-3-12(10-18)9-17-4-2-11-6-13(15)8-14(16)7-11/h3,5-8,10,17H,2,4,9H2,1H3. The van der Waals surface area contributed by atoms with E-state index in [1.165, 1.54) is 17.7 Å². The molecule has 18 heavy (non-hydrogen) atoms. The minimum Gasteiger partial charge on any atom is -0.357 e. The van der Waals surface area contributed by atoms with Gasteiger partial charge in [0.25, 0.3) is 0 Å². The van der Waals surface area contributed by atoms with Gasteiger partial charge in [0.1, 0.15) is 11.6 Å². The molecule has 0 aliphatic heterocycles. The summed E-state index contributed by atoms with van der Waals surface area (Å²) in [6.07, 6.45) is 4.63. The fraction of sp³-hybridized carbons (Fsp3) is 0.286. The summed E-state index contributed by atoms with van der Waals surface area (Å²) in [4.78, 5) is 0. The van der Waals surface area contributed by atoms with E-state index in [9.17, 15) is 8.78 Å². The summed E-state index contributed by atoms with van der Waals surface area (Å²) in [5.41, 5.74) is 1.87. The molecule has 1 aromatic heterocycles. The van der Waals surface area contributed by atoms with Crippen molar-refractivity contribution in [3.8, 4) is 0 Å². The van der Waals surface area contributed by atoms with E-state index in [-0.39, 0.29) is 0 Å². The van der Waals surface area contributed by atoms with Crippen LogP contribution in [0.5, 0.6) is 0 Å². The van der Waals surface area contributed by atoms with Crippen LogP contribution < -0.4 is 5.32 Å². The molecule has 1 N–H and O–H groups in total. The molecular formula is C14H16F2N2. The molecule has 0 radical (unpaired) electrons. The first-order chi connectivity index (χ1) is 8.63. The third-order valence-electron chi connectivity index (χ3n) is 2.74. The Balaban J connectivity index is 1.78. The van der Waals surface area contributed by atoms with Crippen molar-refractivity contribution in [2.24, 2.45) is 7.05 Å². The average Bonchev–Trinajstić information content (AvgIpc) is 2.69. The first-order valence-corrected chi connectivity index (χ1v) is 5.90. The zero-order valence-electron chi connectivity index (χ0n) is 10.3. The zero-order chi connectivity index (χ0) is 13.0. The van der Waals surface area contributed by atoms with Crippen LogP contribution in [0, 0.1) is 11.6 Å².